The fourth-order valence-corrected chi connectivity index (χ4v) is 3.32. The van der Waals surface area contributed by atoms with Crippen molar-refractivity contribution in [2.75, 3.05) is 12.3 Å². The van der Waals surface area contributed by atoms with Gasteiger partial charge in [0.2, 0.25) is 5.91 Å². The quantitative estimate of drug-likeness (QED) is 0.679. The molecule has 0 saturated carbocycles. The summed E-state index contributed by atoms with van der Waals surface area (Å²) in [5.41, 5.74) is 1.63. The second kappa shape index (κ2) is 8.71. The van der Waals surface area contributed by atoms with Crippen molar-refractivity contribution in [2.24, 2.45) is 0 Å². The lowest BCUT2D eigenvalue weighted by Crippen LogP contribution is -2.35. The van der Waals surface area contributed by atoms with Gasteiger partial charge in [-0.2, -0.15) is 16.9 Å². The van der Waals surface area contributed by atoms with Gasteiger partial charge in [-0.25, -0.2) is 4.68 Å². The first-order chi connectivity index (χ1) is 11.1. The van der Waals surface area contributed by atoms with E-state index in [2.05, 4.69) is 10.4 Å². The minimum absolute atomic E-state index is 0.0750. The number of carboxylic acid groups (broad SMARTS) is 1. The zero-order valence-electron chi connectivity index (χ0n) is 12.9. The van der Waals surface area contributed by atoms with E-state index >= 15 is 0 Å². The first-order valence-electron chi connectivity index (χ1n) is 7.72. The van der Waals surface area contributed by atoms with E-state index < -0.39 is 5.97 Å². The van der Waals surface area contributed by atoms with Crippen molar-refractivity contribution >= 4 is 23.6 Å². The predicted molar refractivity (Wildman–Crippen MR) is 87.5 cm³/mol. The lowest BCUT2D eigenvalue weighted by Gasteiger charge is -2.15. The maximum absolute atomic E-state index is 12.0. The molecule has 1 aromatic rings. The van der Waals surface area contributed by atoms with Crippen molar-refractivity contribution in [3.05, 3.63) is 27.7 Å². The number of amides is 1. The van der Waals surface area contributed by atoms with Crippen LogP contribution in [0.15, 0.2) is 10.9 Å². The van der Waals surface area contributed by atoms with Crippen LogP contribution in [0, 0.1) is 0 Å². The van der Waals surface area contributed by atoms with Gasteiger partial charge in [-0.15, -0.1) is 0 Å². The molecule has 2 N–H and O–H groups in total. The summed E-state index contributed by atoms with van der Waals surface area (Å²) in [6, 6.07) is 1.58. The summed E-state index contributed by atoms with van der Waals surface area (Å²) in [5, 5.41) is 15.6. The molecule has 7 nitrogen and oxygen atoms in total. The molecule has 0 atom stereocenters. The number of aryl methyl sites for hydroxylation is 1. The van der Waals surface area contributed by atoms with Gasteiger partial charge in [-0.3, -0.25) is 14.4 Å². The number of hydrogen-bond acceptors (Lipinski definition) is 5. The normalized spacial score (nSPS) is 13.4. The van der Waals surface area contributed by atoms with E-state index in [1.165, 1.54) is 4.68 Å². The number of unbranched alkanes of at least 4 members (excludes halogenated alkanes) is 2. The SMILES string of the molecule is O=C(O)CCCCCNC(=O)Cn1nc2c(cc1=O)CSCC2. The standard InChI is InChI=1S/C15H21N3O4S/c19-13(16-6-3-1-2-4-15(21)22)9-18-14(20)8-11-10-23-7-5-12(11)17-18/h8H,1-7,9-10H2,(H,16,19)(H,21,22). The number of thioether (sulfide) groups is 1. The van der Waals surface area contributed by atoms with Crippen LogP contribution in [0.1, 0.15) is 36.9 Å². The molecule has 0 saturated heterocycles. The molecular formula is C15H21N3O4S. The average molecular weight is 339 g/mol. The molecule has 1 aliphatic rings. The first-order valence-corrected chi connectivity index (χ1v) is 8.88. The van der Waals surface area contributed by atoms with Crippen molar-refractivity contribution in [1.29, 1.82) is 0 Å². The third-order valence-electron chi connectivity index (χ3n) is 3.59. The van der Waals surface area contributed by atoms with E-state index in [1.807, 2.05) is 0 Å². The fourth-order valence-electron chi connectivity index (χ4n) is 2.36. The molecule has 0 fully saturated rings. The number of nitrogens with zero attached hydrogens (tertiary/aromatic N) is 2. The Kier molecular flexibility index (Phi) is 6.64. The van der Waals surface area contributed by atoms with Crippen LogP contribution in [0.3, 0.4) is 0 Å². The molecule has 1 amide bonds. The number of nitrogens with one attached hydrogen (secondary N) is 1. The van der Waals surface area contributed by atoms with Crippen molar-refractivity contribution in [2.45, 2.75) is 44.4 Å². The Morgan fingerprint density at radius 3 is 2.96 bits per heavy atom. The molecule has 2 heterocycles. The molecule has 23 heavy (non-hydrogen) atoms. The number of rotatable bonds is 8. The lowest BCUT2D eigenvalue weighted by molar-refractivity contribution is -0.137. The second-order valence-electron chi connectivity index (χ2n) is 5.47. The van der Waals surface area contributed by atoms with Gasteiger partial charge in [0.15, 0.2) is 0 Å². The van der Waals surface area contributed by atoms with E-state index in [4.69, 9.17) is 5.11 Å². The highest BCUT2D eigenvalue weighted by molar-refractivity contribution is 7.98. The molecule has 2 rings (SSSR count). The van der Waals surface area contributed by atoms with Gasteiger partial charge in [0.05, 0.1) is 5.69 Å². The average Bonchev–Trinajstić information content (AvgIpc) is 2.51. The molecule has 0 spiro atoms. The summed E-state index contributed by atoms with van der Waals surface area (Å²) < 4.78 is 1.22. The molecule has 0 bridgehead atoms. The highest BCUT2D eigenvalue weighted by Crippen LogP contribution is 2.21. The van der Waals surface area contributed by atoms with Crippen LogP contribution in [-0.2, 0) is 28.3 Å². The third-order valence-corrected chi connectivity index (χ3v) is 4.60. The van der Waals surface area contributed by atoms with Crippen molar-refractivity contribution in [3.63, 3.8) is 0 Å². The number of fused-ring (bicyclic) bond motifs is 1. The number of aliphatic carboxylic acids is 1. The van der Waals surface area contributed by atoms with Crippen LogP contribution in [0.4, 0.5) is 0 Å². The van der Waals surface area contributed by atoms with Gasteiger partial charge in [0.25, 0.3) is 5.56 Å². The number of aromatic nitrogens is 2. The van der Waals surface area contributed by atoms with E-state index in [0.717, 1.165) is 42.0 Å². The Bertz CT molecular complexity index is 630. The van der Waals surface area contributed by atoms with E-state index in [-0.39, 0.29) is 24.4 Å². The highest BCUT2D eigenvalue weighted by Gasteiger charge is 2.14. The molecular weight excluding hydrogens is 318 g/mol. The Morgan fingerprint density at radius 2 is 2.17 bits per heavy atom. The number of carbonyl (C=O) groups excluding carboxylic acids is 1. The zero-order valence-corrected chi connectivity index (χ0v) is 13.7. The van der Waals surface area contributed by atoms with Gasteiger partial charge in [0, 0.05) is 31.2 Å². The van der Waals surface area contributed by atoms with E-state index in [0.29, 0.717) is 13.0 Å². The monoisotopic (exact) mass is 339 g/mol. The van der Waals surface area contributed by atoms with Crippen LogP contribution >= 0.6 is 11.8 Å². The predicted octanol–water partition coefficient (Wildman–Crippen LogP) is 0.794. The molecule has 8 heteroatoms. The van der Waals surface area contributed by atoms with Crippen LogP contribution in [0.2, 0.25) is 0 Å². The largest absolute Gasteiger partial charge is 0.481 e. The van der Waals surface area contributed by atoms with Gasteiger partial charge in [-0.1, -0.05) is 6.42 Å². The van der Waals surface area contributed by atoms with Crippen LogP contribution in [0.5, 0.6) is 0 Å². The van der Waals surface area contributed by atoms with Gasteiger partial charge < -0.3 is 10.4 Å². The van der Waals surface area contributed by atoms with Crippen molar-refractivity contribution in [1.82, 2.24) is 15.1 Å². The molecule has 0 unspecified atom stereocenters. The Labute approximate surface area is 138 Å². The Balaban J connectivity index is 1.77. The van der Waals surface area contributed by atoms with Gasteiger partial charge >= 0.3 is 5.97 Å². The van der Waals surface area contributed by atoms with Gasteiger partial charge in [0.1, 0.15) is 6.54 Å². The molecule has 0 radical (unpaired) electrons. The maximum Gasteiger partial charge on any atom is 0.303 e. The summed E-state index contributed by atoms with van der Waals surface area (Å²) in [5.74, 6) is 0.745. The molecule has 126 valence electrons. The highest BCUT2D eigenvalue weighted by atomic mass is 32.2. The molecule has 0 aliphatic carbocycles. The summed E-state index contributed by atoms with van der Waals surface area (Å²) in [7, 11) is 0. The van der Waals surface area contributed by atoms with Crippen LogP contribution < -0.4 is 10.9 Å². The van der Waals surface area contributed by atoms with E-state index in [9.17, 15) is 14.4 Å². The third kappa shape index (κ3) is 5.70. The van der Waals surface area contributed by atoms with Crippen molar-refractivity contribution in [3.8, 4) is 0 Å². The number of carboxylic acids is 1. The zero-order chi connectivity index (χ0) is 16.7. The summed E-state index contributed by atoms with van der Waals surface area (Å²) in [6.45, 7) is 0.406. The van der Waals surface area contributed by atoms with Crippen molar-refractivity contribution < 1.29 is 14.7 Å². The second-order valence-corrected chi connectivity index (χ2v) is 6.57. The minimum atomic E-state index is -0.801. The van der Waals surface area contributed by atoms with Gasteiger partial charge in [-0.05, 0) is 24.2 Å². The van der Waals surface area contributed by atoms with E-state index in [1.54, 1.807) is 17.8 Å². The minimum Gasteiger partial charge on any atom is -0.481 e. The topological polar surface area (TPSA) is 101 Å². The first kappa shape index (κ1) is 17.5. The van der Waals surface area contributed by atoms with Crippen LogP contribution in [-0.4, -0.2) is 39.1 Å². The molecule has 1 aromatic heterocycles. The summed E-state index contributed by atoms with van der Waals surface area (Å²) in [4.78, 5) is 34.2. The fraction of sp³-hybridized carbons (Fsp3) is 0.600. The molecule has 0 aromatic carbocycles. The summed E-state index contributed by atoms with van der Waals surface area (Å²) >= 11 is 1.78. The Hall–Kier alpha value is -1.83. The summed E-state index contributed by atoms with van der Waals surface area (Å²) in [6.07, 6.45) is 3.06. The molecule has 1 aliphatic heterocycles. The Morgan fingerprint density at radius 1 is 1.35 bits per heavy atom. The number of hydrogen-bond donors (Lipinski definition) is 2. The lowest BCUT2D eigenvalue weighted by atomic mass is 10.2. The maximum atomic E-state index is 12.0. The smallest absolute Gasteiger partial charge is 0.303 e. The van der Waals surface area contributed by atoms with Crippen LogP contribution in [0.25, 0.3) is 0 Å². The number of carbonyl (C=O) groups is 2.